The molecular formula is C18H23N5O2. The van der Waals surface area contributed by atoms with Crippen LogP contribution < -0.4 is 10.6 Å². The number of benzene rings is 1. The molecule has 0 aliphatic carbocycles. The van der Waals surface area contributed by atoms with E-state index >= 15 is 0 Å². The summed E-state index contributed by atoms with van der Waals surface area (Å²) in [6.45, 7) is 2.90. The predicted octanol–water partition coefficient (Wildman–Crippen LogP) is 1.94. The minimum atomic E-state index is -0.164. The summed E-state index contributed by atoms with van der Waals surface area (Å²) in [4.78, 5) is 23.4. The Balaban J connectivity index is 1.56. The van der Waals surface area contributed by atoms with Crippen LogP contribution in [0.2, 0.25) is 0 Å². The van der Waals surface area contributed by atoms with Gasteiger partial charge in [0.1, 0.15) is 11.6 Å². The SMILES string of the molecule is CC(=O)Nc1cccc(C(=O)NCCc2nnc3n2CCCCC3)c1. The van der Waals surface area contributed by atoms with Crippen molar-refractivity contribution in [3.05, 3.63) is 41.5 Å². The zero-order valence-corrected chi connectivity index (χ0v) is 14.4. The molecule has 0 bridgehead atoms. The van der Waals surface area contributed by atoms with Crippen LogP contribution in [0.15, 0.2) is 24.3 Å². The average Bonchev–Trinajstić information content (AvgIpc) is 2.81. The Morgan fingerprint density at radius 1 is 1.20 bits per heavy atom. The number of rotatable bonds is 5. The van der Waals surface area contributed by atoms with Crippen molar-refractivity contribution in [2.75, 3.05) is 11.9 Å². The van der Waals surface area contributed by atoms with E-state index in [1.807, 2.05) is 0 Å². The fourth-order valence-electron chi connectivity index (χ4n) is 3.06. The molecule has 132 valence electrons. The minimum absolute atomic E-state index is 0.162. The molecule has 0 saturated heterocycles. The zero-order chi connectivity index (χ0) is 17.6. The lowest BCUT2D eigenvalue weighted by atomic mass is 10.2. The number of carbonyl (C=O) groups excluding carboxylic acids is 2. The van der Waals surface area contributed by atoms with E-state index in [9.17, 15) is 9.59 Å². The number of hydrogen-bond acceptors (Lipinski definition) is 4. The first-order valence-electron chi connectivity index (χ1n) is 8.70. The van der Waals surface area contributed by atoms with E-state index in [1.54, 1.807) is 24.3 Å². The molecule has 1 aliphatic rings. The maximum absolute atomic E-state index is 12.3. The van der Waals surface area contributed by atoms with Gasteiger partial charge in [-0.3, -0.25) is 9.59 Å². The maximum Gasteiger partial charge on any atom is 0.251 e. The van der Waals surface area contributed by atoms with Crippen LogP contribution >= 0.6 is 0 Å². The fourth-order valence-corrected chi connectivity index (χ4v) is 3.06. The van der Waals surface area contributed by atoms with Crippen LogP contribution in [-0.4, -0.2) is 33.1 Å². The van der Waals surface area contributed by atoms with Gasteiger partial charge < -0.3 is 15.2 Å². The van der Waals surface area contributed by atoms with Crippen molar-refractivity contribution in [1.82, 2.24) is 20.1 Å². The molecule has 0 radical (unpaired) electrons. The molecule has 0 spiro atoms. The van der Waals surface area contributed by atoms with Gasteiger partial charge >= 0.3 is 0 Å². The molecule has 1 aromatic heterocycles. The molecule has 2 N–H and O–H groups in total. The molecular weight excluding hydrogens is 318 g/mol. The average molecular weight is 341 g/mol. The third kappa shape index (κ3) is 4.43. The first-order chi connectivity index (χ1) is 12.1. The van der Waals surface area contributed by atoms with Gasteiger partial charge in [0.15, 0.2) is 0 Å². The van der Waals surface area contributed by atoms with Crippen LogP contribution in [0, 0.1) is 0 Å². The first-order valence-corrected chi connectivity index (χ1v) is 8.70. The van der Waals surface area contributed by atoms with Crippen molar-refractivity contribution >= 4 is 17.5 Å². The quantitative estimate of drug-likeness (QED) is 0.870. The molecule has 0 atom stereocenters. The van der Waals surface area contributed by atoms with Gasteiger partial charge in [0.2, 0.25) is 5.91 Å². The number of amides is 2. The smallest absolute Gasteiger partial charge is 0.251 e. The van der Waals surface area contributed by atoms with Crippen LogP contribution in [0.3, 0.4) is 0 Å². The summed E-state index contributed by atoms with van der Waals surface area (Å²) >= 11 is 0. The van der Waals surface area contributed by atoms with Crippen LogP contribution in [0.1, 0.15) is 48.2 Å². The Bertz CT molecular complexity index is 769. The van der Waals surface area contributed by atoms with Gasteiger partial charge in [0.05, 0.1) is 0 Å². The third-order valence-electron chi connectivity index (χ3n) is 4.27. The van der Waals surface area contributed by atoms with Crippen molar-refractivity contribution in [2.24, 2.45) is 0 Å². The number of nitrogens with one attached hydrogen (secondary N) is 2. The summed E-state index contributed by atoms with van der Waals surface area (Å²) in [7, 11) is 0. The Morgan fingerprint density at radius 2 is 2.08 bits per heavy atom. The highest BCUT2D eigenvalue weighted by atomic mass is 16.2. The lowest BCUT2D eigenvalue weighted by Crippen LogP contribution is -2.26. The molecule has 7 heteroatoms. The van der Waals surface area contributed by atoms with E-state index in [-0.39, 0.29) is 11.8 Å². The number of fused-ring (bicyclic) bond motifs is 1. The van der Waals surface area contributed by atoms with Crippen molar-refractivity contribution in [3.8, 4) is 0 Å². The van der Waals surface area contributed by atoms with Crippen LogP contribution in [-0.2, 0) is 24.2 Å². The summed E-state index contributed by atoms with van der Waals surface area (Å²) in [6.07, 6.45) is 5.18. The van der Waals surface area contributed by atoms with Gasteiger partial charge in [-0.15, -0.1) is 10.2 Å². The van der Waals surface area contributed by atoms with E-state index in [1.165, 1.54) is 19.8 Å². The highest BCUT2D eigenvalue weighted by Gasteiger charge is 2.14. The van der Waals surface area contributed by atoms with Gasteiger partial charge in [0.25, 0.3) is 5.91 Å². The molecule has 7 nitrogen and oxygen atoms in total. The lowest BCUT2D eigenvalue weighted by molar-refractivity contribution is -0.114. The monoisotopic (exact) mass is 341 g/mol. The van der Waals surface area contributed by atoms with Crippen LogP contribution in [0.4, 0.5) is 5.69 Å². The topological polar surface area (TPSA) is 88.9 Å². The maximum atomic E-state index is 12.3. The third-order valence-corrected chi connectivity index (χ3v) is 4.27. The lowest BCUT2D eigenvalue weighted by Gasteiger charge is -2.09. The second kappa shape index (κ2) is 7.92. The summed E-state index contributed by atoms with van der Waals surface area (Å²) in [5, 5.41) is 14.1. The second-order valence-corrected chi connectivity index (χ2v) is 6.26. The molecule has 1 aliphatic heterocycles. The van der Waals surface area contributed by atoms with E-state index in [2.05, 4.69) is 25.4 Å². The van der Waals surface area contributed by atoms with E-state index in [0.717, 1.165) is 31.0 Å². The van der Waals surface area contributed by atoms with Gasteiger partial charge in [-0.25, -0.2) is 0 Å². The molecule has 2 amide bonds. The number of carbonyl (C=O) groups is 2. The Kier molecular flexibility index (Phi) is 5.42. The molecule has 0 unspecified atom stereocenters. The Hall–Kier alpha value is -2.70. The van der Waals surface area contributed by atoms with Crippen molar-refractivity contribution in [1.29, 1.82) is 0 Å². The summed E-state index contributed by atoms with van der Waals surface area (Å²) in [5.41, 5.74) is 1.13. The number of hydrogen-bond donors (Lipinski definition) is 2. The summed E-state index contributed by atoms with van der Waals surface area (Å²) < 4.78 is 2.19. The molecule has 3 rings (SSSR count). The molecule has 25 heavy (non-hydrogen) atoms. The van der Waals surface area contributed by atoms with Crippen LogP contribution in [0.25, 0.3) is 0 Å². The van der Waals surface area contributed by atoms with Crippen LogP contribution in [0.5, 0.6) is 0 Å². The second-order valence-electron chi connectivity index (χ2n) is 6.26. The van der Waals surface area contributed by atoms with Crippen molar-refractivity contribution < 1.29 is 9.59 Å². The fraction of sp³-hybridized carbons (Fsp3) is 0.444. The molecule has 2 aromatic rings. The highest BCUT2D eigenvalue weighted by molar-refractivity contribution is 5.96. The largest absolute Gasteiger partial charge is 0.352 e. The van der Waals surface area contributed by atoms with Gasteiger partial charge in [-0.05, 0) is 31.0 Å². The number of nitrogens with zero attached hydrogens (tertiary/aromatic N) is 3. The van der Waals surface area contributed by atoms with Gasteiger partial charge in [-0.2, -0.15) is 0 Å². The summed E-state index contributed by atoms with van der Waals surface area (Å²) in [6, 6.07) is 6.89. The van der Waals surface area contributed by atoms with E-state index < -0.39 is 0 Å². The van der Waals surface area contributed by atoms with Crippen molar-refractivity contribution in [2.45, 2.75) is 45.6 Å². The van der Waals surface area contributed by atoms with Crippen molar-refractivity contribution in [3.63, 3.8) is 0 Å². The number of aromatic nitrogens is 3. The summed E-state index contributed by atoms with van der Waals surface area (Å²) in [5.74, 6) is 1.67. The van der Waals surface area contributed by atoms with E-state index in [4.69, 9.17) is 0 Å². The zero-order valence-electron chi connectivity index (χ0n) is 14.4. The number of aryl methyl sites for hydroxylation is 1. The normalized spacial score (nSPS) is 13.6. The number of anilines is 1. The Labute approximate surface area is 146 Å². The minimum Gasteiger partial charge on any atom is -0.352 e. The first kappa shape index (κ1) is 17.1. The molecule has 0 fully saturated rings. The highest BCUT2D eigenvalue weighted by Crippen LogP contribution is 2.14. The van der Waals surface area contributed by atoms with Gasteiger partial charge in [0, 0.05) is 44.1 Å². The predicted molar refractivity (Wildman–Crippen MR) is 94.4 cm³/mol. The molecule has 0 saturated carbocycles. The standard InChI is InChI=1S/C18H23N5O2/c1-13(24)20-15-7-5-6-14(12-15)18(25)19-10-9-17-22-21-16-8-3-2-4-11-23(16)17/h5-7,12H,2-4,8-11H2,1H3,(H,19,25)(H,20,24). The molecule has 1 aromatic carbocycles. The van der Waals surface area contributed by atoms with Gasteiger partial charge in [-0.1, -0.05) is 12.5 Å². The van der Waals surface area contributed by atoms with E-state index in [0.29, 0.717) is 24.2 Å². The molecule has 2 heterocycles. The Morgan fingerprint density at radius 3 is 2.92 bits per heavy atom.